The second-order valence-corrected chi connectivity index (χ2v) is 6.20. The summed E-state index contributed by atoms with van der Waals surface area (Å²) in [6.07, 6.45) is 0.849. The van der Waals surface area contributed by atoms with Gasteiger partial charge in [-0.1, -0.05) is 41.9 Å². The van der Waals surface area contributed by atoms with E-state index in [4.69, 9.17) is 17.3 Å². The van der Waals surface area contributed by atoms with Crippen LogP contribution in [0.2, 0.25) is 0 Å². The lowest BCUT2D eigenvalue weighted by Gasteiger charge is -2.49. The molecule has 2 unspecified atom stereocenters. The van der Waals surface area contributed by atoms with Crippen LogP contribution in [0, 0.1) is 0 Å². The number of benzene rings is 1. The van der Waals surface area contributed by atoms with Crippen LogP contribution in [0.1, 0.15) is 24.4 Å². The molecule has 134 valence electrons. The molecule has 9 heteroatoms. The van der Waals surface area contributed by atoms with Crippen molar-refractivity contribution in [3.05, 3.63) is 46.6 Å². The number of nitrogens with zero attached hydrogens (tertiary/aromatic N) is 1. The van der Waals surface area contributed by atoms with Crippen LogP contribution in [0.15, 0.2) is 41.1 Å². The van der Waals surface area contributed by atoms with Crippen LogP contribution in [-0.2, 0) is 14.4 Å². The van der Waals surface area contributed by atoms with E-state index in [1.807, 2.05) is 6.07 Å². The fraction of sp³-hybridized carbons (Fsp3) is 0.312. The molecule has 0 radical (unpaired) electrons. The number of carboxylic acid groups (broad SMARTS) is 1. The number of allylic oxidation sites excluding steroid dienone is 1. The number of nitrogens with two attached hydrogens (primary N) is 1. The van der Waals surface area contributed by atoms with Gasteiger partial charge in [0.2, 0.25) is 5.91 Å². The highest BCUT2D eigenvalue weighted by Gasteiger charge is 2.53. The molecule has 1 aromatic rings. The fourth-order valence-corrected chi connectivity index (χ4v) is 3.35. The van der Waals surface area contributed by atoms with Crippen LogP contribution >= 0.6 is 11.6 Å². The van der Waals surface area contributed by atoms with Gasteiger partial charge in [-0.15, -0.1) is 0 Å². The largest absolute Gasteiger partial charge is 0.477 e. The Morgan fingerprint density at radius 2 is 1.96 bits per heavy atom. The normalized spacial score (nSPS) is 23.1. The van der Waals surface area contributed by atoms with Crippen molar-refractivity contribution in [2.75, 3.05) is 0 Å². The predicted octanol–water partition coefficient (Wildman–Crippen LogP) is -0.114. The van der Waals surface area contributed by atoms with Crippen LogP contribution in [0.3, 0.4) is 0 Å². The first-order chi connectivity index (χ1) is 11.4. The Labute approximate surface area is 148 Å². The smallest absolute Gasteiger partial charge is 0.353 e. The summed E-state index contributed by atoms with van der Waals surface area (Å²) in [6.45, 7) is 0. The third-order valence-electron chi connectivity index (χ3n) is 4.32. The zero-order chi connectivity index (χ0) is 17.4. The fourth-order valence-electron chi connectivity index (χ4n) is 3.07. The topological polar surface area (TPSA) is 144 Å². The molecule has 0 bridgehead atoms. The number of halogens is 1. The van der Waals surface area contributed by atoms with Crippen molar-refractivity contribution in [2.45, 2.75) is 31.0 Å². The summed E-state index contributed by atoms with van der Waals surface area (Å²) >= 11 is 5.92. The Bertz CT molecular complexity index is 737. The zero-order valence-electron chi connectivity index (χ0n) is 13.1. The van der Waals surface area contributed by atoms with Gasteiger partial charge in [0, 0.05) is 5.03 Å². The number of hydrogen-bond acceptors (Lipinski definition) is 4. The molecule has 25 heavy (non-hydrogen) atoms. The number of fused-ring (bicyclic) bond motifs is 1. The summed E-state index contributed by atoms with van der Waals surface area (Å²) in [5.41, 5.74) is 6.35. The first-order valence-electron chi connectivity index (χ1n) is 7.47. The summed E-state index contributed by atoms with van der Waals surface area (Å²) < 4.78 is 0. The molecule has 2 amide bonds. The highest BCUT2D eigenvalue weighted by atomic mass is 35.5. The molecular formula is C16H18ClN3O5. The Morgan fingerprint density at radius 1 is 1.32 bits per heavy atom. The van der Waals surface area contributed by atoms with E-state index in [9.17, 15) is 19.5 Å². The SMILES string of the molecule is N[C@@H](C(=O)NC1C(=O)N2C(C(=O)O)=C(Cl)CCC12)c1ccccc1.O. The van der Waals surface area contributed by atoms with Crippen molar-refractivity contribution in [1.29, 1.82) is 0 Å². The molecule has 6 N–H and O–H groups in total. The van der Waals surface area contributed by atoms with Gasteiger partial charge in [0.1, 0.15) is 17.8 Å². The van der Waals surface area contributed by atoms with Crippen molar-refractivity contribution >= 4 is 29.4 Å². The molecule has 1 fully saturated rings. The molecule has 0 spiro atoms. The van der Waals surface area contributed by atoms with Crippen molar-refractivity contribution < 1.29 is 25.0 Å². The van der Waals surface area contributed by atoms with Crippen molar-refractivity contribution in [2.24, 2.45) is 5.73 Å². The molecule has 1 saturated heterocycles. The number of carboxylic acids is 1. The van der Waals surface area contributed by atoms with E-state index >= 15 is 0 Å². The second kappa shape index (κ2) is 7.22. The maximum absolute atomic E-state index is 12.3. The number of aliphatic carboxylic acids is 1. The lowest BCUT2D eigenvalue weighted by atomic mass is 9.86. The van der Waals surface area contributed by atoms with Crippen LogP contribution in [-0.4, -0.2) is 45.3 Å². The number of hydrogen-bond donors (Lipinski definition) is 3. The van der Waals surface area contributed by atoms with E-state index in [1.54, 1.807) is 24.3 Å². The van der Waals surface area contributed by atoms with E-state index in [1.165, 1.54) is 0 Å². The number of rotatable bonds is 4. The monoisotopic (exact) mass is 367 g/mol. The average Bonchev–Trinajstić information content (AvgIpc) is 2.59. The average molecular weight is 368 g/mol. The van der Waals surface area contributed by atoms with Gasteiger partial charge in [-0.3, -0.25) is 14.5 Å². The maximum atomic E-state index is 12.3. The van der Waals surface area contributed by atoms with Crippen molar-refractivity contribution in [3.8, 4) is 0 Å². The Morgan fingerprint density at radius 3 is 2.56 bits per heavy atom. The van der Waals surface area contributed by atoms with Gasteiger partial charge in [0.25, 0.3) is 5.91 Å². The van der Waals surface area contributed by atoms with Crippen LogP contribution in [0.25, 0.3) is 0 Å². The number of carbonyl (C=O) groups is 3. The molecule has 3 atom stereocenters. The van der Waals surface area contributed by atoms with Gasteiger partial charge in [-0.2, -0.15) is 0 Å². The van der Waals surface area contributed by atoms with Gasteiger partial charge < -0.3 is 21.6 Å². The standard InChI is InChI=1S/C16H16ClN3O4.H2O/c17-9-6-7-10-12(15(22)20(10)13(9)16(23)24)19-14(21)11(18)8-4-2-1-3-5-8;/h1-5,10-12H,6-7,18H2,(H,19,21)(H,23,24);1H2/t10?,11-,12?;/m1./s1. The van der Waals surface area contributed by atoms with E-state index in [2.05, 4.69) is 5.32 Å². The predicted molar refractivity (Wildman–Crippen MR) is 89.3 cm³/mol. The van der Waals surface area contributed by atoms with E-state index in [0.29, 0.717) is 18.4 Å². The molecule has 2 heterocycles. The third-order valence-corrected chi connectivity index (χ3v) is 4.69. The lowest BCUT2D eigenvalue weighted by molar-refractivity contribution is -0.156. The second-order valence-electron chi connectivity index (χ2n) is 5.75. The summed E-state index contributed by atoms with van der Waals surface area (Å²) in [5.74, 6) is -2.20. The minimum absolute atomic E-state index is 0. The van der Waals surface area contributed by atoms with Crippen LogP contribution in [0.5, 0.6) is 0 Å². The molecule has 0 aromatic heterocycles. The van der Waals surface area contributed by atoms with E-state index in [-0.39, 0.29) is 16.2 Å². The summed E-state index contributed by atoms with van der Waals surface area (Å²) in [5, 5.41) is 12.0. The number of nitrogens with one attached hydrogen (secondary N) is 1. The molecule has 2 aliphatic rings. The first kappa shape index (κ1) is 18.9. The van der Waals surface area contributed by atoms with Gasteiger partial charge >= 0.3 is 5.97 Å². The van der Waals surface area contributed by atoms with Crippen LogP contribution in [0.4, 0.5) is 0 Å². The van der Waals surface area contributed by atoms with Gasteiger partial charge in [-0.25, -0.2) is 4.79 Å². The Kier molecular flexibility index (Phi) is 5.46. The van der Waals surface area contributed by atoms with Crippen molar-refractivity contribution in [1.82, 2.24) is 10.2 Å². The highest BCUT2D eigenvalue weighted by molar-refractivity contribution is 6.32. The highest BCUT2D eigenvalue weighted by Crippen LogP contribution is 2.38. The lowest BCUT2D eigenvalue weighted by Crippen LogP contribution is -2.72. The van der Waals surface area contributed by atoms with Gasteiger partial charge in [-0.05, 0) is 18.4 Å². The number of amides is 2. The number of carbonyl (C=O) groups excluding carboxylic acids is 2. The summed E-state index contributed by atoms with van der Waals surface area (Å²) in [4.78, 5) is 37.0. The molecule has 2 aliphatic heterocycles. The third kappa shape index (κ3) is 3.23. The minimum atomic E-state index is -1.25. The number of β-lactam (4-membered cyclic amide) rings is 1. The van der Waals surface area contributed by atoms with Crippen LogP contribution < -0.4 is 11.1 Å². The minimum Gasteiger partial charge on any atom is -0.477 e. The van der Waals surface area contributed by atoms with Gasteiger partial charge in [0.05, 0.1) is 6.04 Å². The van der Waals surface area contributed by atoms with Gasteiger partial charge in [0.15, 0.2) is 0 Å². The van der Waals surface area contributed by atoms with E-state index in [0.717, 1.165) is 4.90 Å². The van der Waals surface area contributed by atoms with E-state index < -0.39 is 35.9 Å². The van der Waals surface area contributed by atoms with Crippen molar-refractivity contribution in [3.63, 3.8) is 0 Å². The maximum Gasteiger partial charge on any atom is 0.353 e. The molecular weight excluding hydrogens is 350 g/mol. The first-order valence-corrected chi connectivity index (χ1v) is 7.85. The molecule has 0 saturated carbocycles. The summed E-state index contributed by atoms with van der Waals surface area (Å²) in [7, 11) is 0. The molecule has 1 aromatic carbocycles. The summed E-state index contributed by atoms with van der Waals surface area (Å²) in [6, 6.07) is 6.74. The zero-order valence-corrected chi connectivity index (χ0v) is 13.9. The molecule has 8 nitrogen and oxygen atoms in total. The quantitative estimate of drug-likeness (QED) is 0.635. The Balaban J connectivity index is 0.00000225. The Hall–Kier alpha value is -2.42. The molecule has 3 rings (SSSR count). The molecule has 0 aliphatic carbocycles.